The van der Waals surface area contributed by atoms with Crippen molar-refractivity contribution in [3.63, 3.8) is 0 Å². The number of tetrazole rings is 1. The molecule has 0 bridgehead atoms. The predicted octanol–water partition coefficient (Wildman–Crippen LogP) is 1.04. The molecule has 0 saturated heterocycles. The second-order valence-corrected chi connectivity index (χ2v) is 4.36. The van der Waals surface area contributed by atoms with E-state index in [1.807, 2.05) is 0 Å². The Balaban J connectivity index is 2.30. The van der Waals surface area contributed by atoms with Crippen LogP contribution in [0.3, 0.4) is 0 Å². The van der Waals surface area contributed by atoms with E-state index in [1.165, 1.54) is 17.2 Å². The molecule has 2 aromatic heterocycles. The topological polar surface area (TPSA) is 94.0 Å². The number of aliphatic carboxylic acids is 1. The van der Waals surface area contributed by atoms with Crippen molar-refractivity contribution in [2.24, 2.45) is 5.41 Å². The summed E-state index contributed by atoms with van der Waals surface area (Å²) in [5.41, 5.74) is -0.218. The lowest BCUT2D eigenvalue weighted by molar-refractivity contribution is -0.147. The lowest BCUT2D eigenvalue weighted by Crippen LogP contribution is -2.30. The number of carboxylic acid groups (broad SMARTS) is 1. The number of hydrogen-bond donors (Lipinski definition) is 1. The molecular weight excluding hydrogens is 224 g/mol. The Bertz CT molecular complexity index is 515. The van der Waals surface area contributed by atoms with Crippen molar-refractivity contribution < 1.29 is 14.3 Å². The fourth-order valence-corrected chi connectivity index (χ4v) is 1.35. The molecule has 0 fully saturated rings. The number of carboxylic acids is 1. The normalized spacial score (nSPS) is 11.6. The van der Waals surface area contributed by atoms with Crippen LogP contribution in [0.15, 0.2) is 23.0 Å². The Morgan fingerprint density at radius 1 is 1.59 bits per heavy atom. The van der Waals surface area contributed by atoms with Crippen LogP contribution in [0.1, 0.15) is 13.8 Å². The van der Waals surface area contributed by atoms with E-state index in [-0.39, 0.29) is 6.54 Å². The van der Waals surface area contributed by atoms with Gasteiger partial charge in [-0.1, -0.05) is 0 Å². The van der Waals surface area contributed by atoms with Crippen molar-refractivity contribution >= 4 is 5.97 Å². The maximum Gasteiger partial charge on any atom is 0.310 e. The standard InChI is InChI=1S/C10H12N4O3/c1-10(2,9(15)16)6-14-8(11-12-13-14)7-3-4-17-5-7/h3-5H,6H2,1-2H3,(H,15,16). The molecule has 0 amide bonds. The number of nitrogens with zero attached hydrogens (tertiary/aromatic N) is 4. The first kappa shape index (κ1) is 11.3. The van der Waals surface area contributed by atoms with Crippen molar-refractivity contribution in [2.45, 2.75) is 20.4 Å². The lowest BCUT2D eigenvalue weighted by atomic mass is 9.94. The number of rotatable bonds is 4. The van der Waals surface area contributed by atoms with Gasteiger partial charge in [-0.25, -0.2) is 4.68 Å². The molecule has 0 aliphatic carbocycles. The summed E-state index contributed by atoms with van der Waals surface area (Å²) in [6, 6.07) is 1.72. The van der Waals surface area contributed by atoms with Crippen molar-refractivity contribution in [2.75, 3.05) is 0 Å². The van der Waals surface area contributed by atoms with Crippen LogP contribution in [0.5, 0.6) is 0 Å². The van der Waals surface area contributed by atoms with E-state index in [2.05, 4.69) is 15.5 Å². The predicted molar refractivity (Wildman–Crippen MR) is 56.9 cm³/mol. The minimum absolute atomic E-state index is 0.190. The molecule has 2 aromatic rings. The molecule has 0 unspecified atom stereocenters. The van der Waals surface area contributed by atoms with Crippen LogP contribution < -0.4 is 0 Å². The average Bonchev–Trinajstić information content (AvgIpc) is 2.85. The second-order valence-electron chi connectivity index (χ2n) is 4.36. The SMILES string of the molecule is CC(C)(Cn1nnnc1-c1ccoc1)C(=O)O. The Morgan fingerprint density at radius 2 is 2.35 bits per heavy atom. The van der Waals surface area contributed by atoms with Gasteiger partial charge in [-0.05, 0) is 30.3 Å². The van der Waals surface area contributed by atoms with Crippen LogP contribution in [0.2, 0.25) is 0 Å². The first-order valence-corrected chi connectivity index (χ1v) is 5.03. The summed E-state index contributed by atoms with van der Waals surface area (Å²) >= 11 is 0. The molecule has 2 rings (SSSR count). The molecule has 7 nitrogen and oxygen atoms in total. The third-order valence-electron chi connectivity index (χ3n) is 2.44. The molecule has 0 aromatic carbocycles. The molecule has 0 aliphatic rings. The monoisotopic (exact) mass is 236 g/mol. The van der Waals surface area contributed by atoms with Crippen LogP contribution in [-0.2, 0) is 11.3 Å². The van der Waals surface area contributed by atoms with Gasteiger partial charge in [0.25, 0.3) is 0 Å². The maximum atomic E-state index is 11.0. The molecule has 0 atom stereocenters. The summed E-state index contributed by atoms with van der Waals surface area (Å²) in [7, 11) is 0. The van der Waals surface area contributed by atoms with E-state index in [0.29, 0.717) is 5.82 Å². The van der Waals surface area contributed by atoms with E-state index < -0.39 is 11.4 Å². The highest BCUT2D eigenvalue weighted by molar-refractivity contribution is 5.73. The van der Waals surface area contributed by atoms with E-state index >= 15 is 0 Å². The molecule has 0 aliphatic heterocycles. The fraction of sp³-hybridized carbons (Fsp3) is 0.400. The summed E-state index contributed by atoms with van der Waals surface area (Å²) in [5, 5.41) is 20.3. The van der Waals surface area contributed by atoms with Gasteiger partial charge < -0.3 is 9.52 Å². The number of hydrogen-bond acceptors (Lipinski definition) is 5. The van der Waals surface area contributed by atoms with Crippen molar-refractivity contribution in [1.29, 1.82) is 0 Å². The largest absolute Gasteiger partial charge is 0.481 e. The van der Waals surface area contributed by atoms with Gasteiger partial charge in [0.15, 0.2) is 5.82 Å². The fourth-order valence-electron chi connectivity index (χ4n) is 1.35. The average molecular weight is 236 g/mol. The number of carbonyl (C=O) groups is 1. The second kappa shape index (κ2) is 4.00. The number of aromatic nitrogens is 4. The number of furan rings is 1. The van der Waals surface area contributed by atoms with Gasteiger partial charge in [-0.15, -0.1) is 5.10 Å². The zero-order chi connectivity index (χ0) is 12.5. The summed E-state index contributed by atoms with van der Waals surface area (Å²) < 4.78 is 6.40. The molecule has 17 heavy (non-hydrogen) atoms. The smallest absolute Gasteiger partial charge is 0.310 e. The summed E-state index contributed by atoms with van der Waals surface area (Å²) in [6.45, 7) is 3.43. The third-order valence-corrected chi connectivity index (χ3v) is 2.44. The van der Waals surface area contributed by atoms with Crippen LogP contribution in [0.4, 0.5) is 0 Å². The minimum Gasteiger partial charge on any atom is -0.481 e. The Hall–Kier alpha value is -2.18. The van der Waals surface area contributed by atoms with Crippen molar-refractivity contribution in [3.05, 3.63) is 18.6 Å². The van der Waals surface area contributed by atoms with Gasteiger partial charge >= 0.3 is 5.97 Å². The molecule has 7 heteroatoms. The molecule has 0 saturated carbocycles. The van der Waals surface area contributed by atoms with Gasteiger partial charge in [0.1, 0.15) is 6.26 Å². The van der Waals surface area contributed by atoms with E-state index in [4.69, 9.17) is 9.52 Å². The van der Waals surface area contributed by atoms with Crippen LogP contribution in [-0.4, -0.2) is 31.3 Å². The van der Waals surface area contributed by atoms with Crippen LogP contribution >= 0.6 is 0 Å². The van der Waals surface area contributed by atoms with Crippen LogP contribution in [0, 0.1) is 5.41 Å². The quantitative estimate of drug-likeness (QED) is 0.852. The maximum absolute atomic E-state index is 11.0. The first-order valence-electron chi connectivity index (χ1n) is 5.03. The molecule has 90 valence electrons. The van der Waals surface area contributed by atoms with E-state index in [1.54, 1.807) is 19.9 Å². The molecule has 0 radical (unpaired) electrons. The third kappa shape index (κ3) is 2.17. The Kier molecular flexibility index (Phi) is 2.66. The highest BCUT2D eigenvalue weighted by atomic mass is 16.4. The summed E-state index contributed by atoms with van der Waals surface area (Å²) in [5.74, 6) is -0.404. The van der Waals surface area contributed by atoms with Gasteiger partial charge in [-0.3, -0.25) is 4.79 Å². The van der Waals surface area contributed by atoms with Crippen molar-refractivity contribution in [3.8, 4) is 11.4 Å². The minimum atomic E-state index is -0.937. The van der Waals surface area contributed by atoms with Gasteiger partial charge in [0.2, 0.25) is 0 Å². The lowest BCUT2D eigenvalue weighted by Gasteiger charge is -2.18. The van der Waals surface area contributed by atoms with E-state index in [0.717, 1.165) is 5.56 Å². The Labute approximate surface area is 97.0 Å². The van der Waals surface area contributed by atoms with Gasteiger partial charge in [-0.2, -0.15) is 0 Å². The van der Waals surface area contributed by atoms with E-state index in [9.17, 15) is 4.79 Å². The van der Waals surface area contributed by atoms with Gasteiger partial charge in [0, 0.05) is 0 Å². The molecule has 1 N–H and O–H groups in total. The zero-order valence-electron chi connectivity index (χ0n) is 9.49. The van der Waals surface area contributed by atoms with Crippen LogP contribution in [0.25, 0.3) is 11.4 Å². The molecule has 0 spiro atoms. The van der Waals surface area contributed by atoms with Crippen molar-refractivity contribution in [1.82, 2.24) is 20.2 Å². The van der Waals surface area contributed by atoms with Gasteiger partial charge in [0.05, 0.1) is 23.8 Å². The highest BCUT2D eigenvalue weighted by Crippen LogP contribution is 2.22. The molecular formula is C10H12N4O3. The molecule has 2 heterocycles. The highest BCUT2D eigenvalue weighted by Gasteiger charge is 2.29. The Morgan fingerprint density at radius 3 is 2.94 bits per heavy atom. The summed E-state index contributed by atoms with van der Waals surface area (Å²) in [6.07, 6.45) is 3.02. The first-order chi connectivity index (χ1) is 8.00. The zero-order valence-corrected chi connectivity index (χ0v) is 9.49. The summed E-state index contributed by atoms with van der Waals surface area (Å²) in [4.78, 5) is 11.0.